The lowest BCUT2D eigenvalue weighted by molar-refractivity contribution is -0.120. The highest BCUT2D eigenvalue weighted by Gasteiger charge is 2.33. The minimum Gasteiger partial charge on any atom is -0.486 e. The Balaban J connectivity index is 1.38. The maximum atomic E-state index is 13.1. The van der Waals surface area contributed by atoms with Crippen LogP contribution in [0, 0.1) is 5.92 Å². The van der Waals surface area contributed by atoms with Gasteiger partial charge in [-0.25, -0.2) is 8.42 Å². The van der Waals surface area contributed by atoms with E-state index in [0.717, 1.165) is 5.69 Å². The van der Waals surface area contributed by atoms with Crippen LogP contribution in [0.15, 0.2) is 41.3 Å². The van der Waals surface area contributed by atoms with Crippen molar-refractivity contribution in [2.75, 3.05) is 50.6 Å². The molecule has 2 aliphatic heterocycles. The average Bonchev–Trinajstić information content (AvgIpc) is 2.78. The zero-order chi connectivity index (χ0) is 22.9. The van der Waals surface area contributed by atoms with Crippen LogP contribution < -0.4 is 19.7 Å². The third-order valence-electron chi connectivity index (χ3n) is 5.67. The molecule has 0 aliphatic carbocycles. The number of carbonyl (C=O) groups is 1. The monoisotopic (exact) mass is 479 g/mol. The first-order valence-electron chi connectivity index (χ1n) is 10.4. The number of benzene rings is 2. The Kier molecular flexibility index (Phi) is 6.50. The van der Waals surface area contributed by atoms with Crippen molar-refractivity contribution in [2.24, 2.45) is 5.92 Å². The molecule has 0 spiro atoms. The Morgan fingerprint density at radius 1 is 1.06 bits per heavy atom. The highest BCUT2D eigenvalue weighted by atomic mass is 35.5. The van der Waals surface area contributed by atoms with Gasteiger partial charge in [-0.1, -0.05) is 11.6 Å². The van der Waals surface area contributed by atoms with Gasteiger partial charge in [-0.3, -0.25) is 4.79 Å². The molecule has 8 nitrogen and oxygen atoms in total. The van der Waals surface area contributed by atoms with Crippen LogP contribution in [0.1, 0.15) is 12.8 Å². The molecule has 4 rings (SSSR count). The zero-order valence-corrected chi connectivity index (χ0v) is 19.6. The summed E-state index contributed by atoms with van der Waals surface area (Å²) < 4.78 is 38.5. The van der Waals surface area contributed by atoms with E-state index < -0.39 is 10.0 Å². The van der Waals surface area contributed by atoms with E-state index in [-0.39, 0.29) is 29.8 Å². The smallest absolute Gasteiger partial charge is 0.243 e. The molecule has 1 fully saturated rings. The van der Waals surface area contributed by atoms with Crippen molar-refractivity contribution in [3.05, 3.63) is 41.4 Å². The molecule has 0 saturated carbocycles. The molecule has 2 aromatic rings. The molecule has 1 N–H and O–H groups in total. The predicted octanol–water partition coefficient (Wildman–Crippen LogP) is 3.22. The molecule has 0 bridgehead atoms. The van der Waals surface area contributed by atoms with Crippen LogP contribution in [-0.2, 0) is 14.8 Å². The van der Waals surface area contributed by atoms with E-state index in [0.29, 0.717) is 48.3 Å². The SMILES string of the molecule is CN(C)c1ccc(NC(=O)C2CCN(S(=O)(=O)c3ccc4c(c3)OCCO4)CC2)cc1Cl. The van der Waals surface area contributed by atoms with Crippen LogP contribution in [0.25, 0.3) is 0 Å². The average molecular weight is 480 g/mol. The Hall–Kier alpha value is -2.49. The maximum Gasteiger partial charge on any atom is 0.243 e. The van der Waals surface area contributed by atoms with E-state index in [2.05, 4.69) is 5.32 Å². The molecule has 1 saturated heterocycles. The fourth-order valence-electron chi connectivity index (χ4n) is 3.88. The third-order valence-corrected chi connectivity index (χ3v) is 7.87. The summed E-state index contributed by atoms with van der Waals surface area (Å²) in [5.41, 5.74) is 1.49. The van der Waals surface area contributed by atoms with Gasteiger partial charge in [0.2, 0.25) is 15.9 Å². The van der Waals surface area contributed by atoms with Gasteiger partial charge in [-0.2, -0.15) is 4.31 Å². The van der Waals surface area contributed by atoms with Crippen molar-refractivity contribution in [3.63, 3.8) is 0 Å². The number of hydrogen-bond acceptors (Lipinski definition) is 6. The first kappa shape index (κ1) is 22.7. The normalized spacial score (nSPS) is 17.1. The molecule has 32 heavy (non-hydrogen) atoms. The van der Waals surface area contributed by atoms with E-state index >= 15 is 0 Å². The number of rotatable bonds is 5. The van der Waals surface area contributed by atoms with Crippen LogP contribution in [-0.4, -0.2) is 59.0 Å². The van der Waals surface area contributed by atoms with Gasteiger partial charge in [0.1, 0.15) is 13.2 Å². The van der Waals surface area contributed by atoms with E-state index in [1.807, 2.05) is 25.1 Å². The molecule has 0 atom stereocenters. The van der Waals surface area contributed by atoms with Gasteiger partial charge < -0.3 is 19.7 Å². The number of carbonyl (C=O) groups excluding carboxylic acids is 1. The van der Waals surface area contributed by atoms with E-state index in [4.69, 9.17) is 21.1 Å². The molecule has 1 amide bonds. The number of amides is 1. The first-order chi connectivity index (χ1) is 15.3. The topological polar surface area (TPSA) is 88.2 Å². The summed E-state index contributed by atoms with van der Waals surface area (Å²) in [6.07, 6.45) is 0.887. The van der Waals surface area contributed by atoms with Crippen LogP contribution >= 0.6 is 11.6 Å². The third kappa shape index (κ3) is 4.65. The summed E-state index contributed by atoms with van der Waals surface area (Å²) in [5, 5.41) is 3.45. The number of halogens is 1. The van der Waals surface area contributed by atoms with Gasteiger partial charge in [0.15, 0.2) is 11.5 Å². The predicted molar refractivity (Wildman–Crippen MR) is 123 cm³/mol. The van der Waals surface area contributed by atoms with Crippen LogP contribution in [0.3, 0.4) is 0 Å². The molecule has 0 aromatic heterocycles. The van der Waals surface area contributed by atoms with Gasteiger partial charge in [-0.05, 0) is 43.2 Å². The van der Waals surface area contributed by atoms with Crippen molar-refractivity contribution in [1.29, 1.82) is 0 Å². The van der Waals surface area contributed by atoms with E-state index in [9.17, 15) is 13.2 Å². The summed E-state index contributed by atoms with van der Waals surface area (Å²) >= 11 is 6.28. The van der Waals surface area contributed by atoms with Crippen molar-refractivity contribution in [3.8, 4) is 11.5 Å². The quantitative estimate of drug-likeness (QED) is 0.708. The Morgan fingerprint density at radius 2 is 1.75 bits per heavy atom. The molecule has 0 radical (unpaired) electrons. The molecular formula is C22H26ClN3O5S. The number of sulfonamides is 1. The minimum atomic E-state index is -3.68. The molecular weight excluding hydrogens is 454 g/mol. The largest absolute Gasteiger partial charge is 0.486 e. The number of ether oxygens (including phenoxy) is 2. The van der Waals surface area contributed by atoms with Crippen LogP contribution in [0.2, 0.25) is 5.02 Å². The summed E-state index contributed by atoms with van der Waals surface area (Å²) in [6.45, 7) is 1.38. The second-order valence-corrected chi connectivity index (χ2v) is 10.4. The summed E-state index contributed by atoms with van der Waals surface area (Å²) in [5.74, 6) is 0.582. The molecule has 172 valence electrons. The lowest BCUT2D eigenvalue weighted by Gasteiger charge is -2.31. The summed E-state index contributed by atoms with van der Waals surface area (Å²) in [4.78, 5) is 14.8. The van der Waals surface area contributed by atoms with Crippen molar-refractivity contribution < 1.29 is 22.7 Å². The van der Waals surface area contributed by atoms with Crippen molar-refractivity contribution >= 4 is 38.9 Å². The maximum absolute atomic E-state index is 13.1. The van der Waals surface area contributed by atoms with Crippen molar-refractivity contribution in [2.45, 2.75) is 17.7 Å². The fourth-order valence-corrected chi connectivity index (χ4v) is 5.72. The Bertz CT molecular complexity index is 1110. The van der Waals surface area contributed by atoms with Crippen LogP contribution in [0.5, 0.6) is 11.5 Å². The number of nitrogens with zero attached hydrogens (tertiary/aromatic N) is 2. The molecule has 10 heteroatoms. The minimum absolute atomic E-state index is 0.130. The van der Waals surface area contributed by atoms with Gasteiger partial charge in [-0.15, -0.1) is 0 Å². The highest BCUT2D eigenvalue weighted by molar-refractivity contribution is 7.89. The molecule has 2 aromatic carbocycles. The fraction of sp³-hybridized carbons (Fsp3) is 0.409. The van der Waals surface area contributed by atoms with Gasteiger partial charge in [0.05, 0.1) is 15.6 Å². The number of anilines is 2. The molecule has 2 aliphatic rings. The molecule has 2 heterocycles. The Labute approximate surface area is 193 Å². The summed E-state index contributed by atoms with van der Waals surface area (Å²) in [7, 11) is 0.112. The summed E-state index contributed by atoms with van der Waals surface area (Å²) in [6, 6.07) is 10.0. The first-order valence-corrected chi connectivity index (χ1v) is 12.2. The standard InChI is InChI=1S/C22H26ClN3O5S/c1-25(2)19-5-3-16(13-18(19)23)24-22(27)15-7-9-26(10-8-15)32(28,29)17-4-6-20-21(14-17)31-12-11-30-20/h3-6,13-15H,7-12H2,1-2H3,(H,24,27). The second kappa shape index (κ2) is 9.17. The lowest BCUT2D eigenvalue weighted by Crippen LogP contribution is -2.41. The zero-order valence-electron chi connectivity index (χ0n) is 18.0. The molecule has 0 unspecified atom stereocenters. The van der Waals surface area contributed by atoms with E-state index in [1.54, 1.807) is 18.2 Å². The van der Waals surface area contributed by atoms with E-state index in [1.165, 1.54) is 16.4 Å². The second-order valence-electron chi connectivity index (χ2n) is 8.03. The van der Waals surface area contributed by atoms with Gasteiger partial charge >= 0.3 is 0 Å². The highest BCUT2D eigenvalue weighted by Crippen LogP contribution is 2.34. The van der Waals surface area contributed by atoms with Gasteiger partial charge in [0, 0.05) is 44.9 Å². The number of hydrogen-bond donors (Lipinski definition) is 1. The number of piperidine rings is 1. The van der Waals surface area contributed by atoms with Crippen molar-refractivity contribution in [1.82, 2.24) is 4.31 Å². The number of nitrogens with one attached hydrogen (secondary N) is 1. The van der Waals surface area contributed by atoms with Crippen LogP contribution in [0.4, 0.5) is 11.4 Å². The lowest BCUT2D eigenvalue weighted by atomic mass is 9.97. The number of fused-ring (bicyclic) bond motifs is 1. The van der Waals surface area contributed by atoms with Gasteiger partial charge in [0.25, 0.3) is 0 Å². The Morgan fingerprint density at radius 3 is 2.41 bits per heavy atom.